The predicted octanol–water partition coefficient (Wildman–Crippen LogP) is 1.69. The summed E-state index contributed by atoms with van der Waals surface area (Å²) in [5, 5.41) is 27.5. The first-order chi connectivity index (χ1) is 9.17. The molecule has 0 amide bonds. The Balaban J connectivity index is 2.36. The zero-order chi connectivity index (χ0) is 14.1. The van der Waals surface area contributed by atoms with Crippen LogP contribution in [0.2, 0.25) is 0 Å². The number of hydrogen-bond donors (Lipinski definition) is 2. The summed E-state index contributed by atoms with van der Waals surface area (Å²) in [5.74, 6) is 0. The van der Waals surface area contributed by atoms with E-state index in [0.29, 0.717) is 12.1 Å². The molecule has 0 aromatic heterocycles. The van der Waals surface area contributed by atoms with Gasteiger partial charge >= 0.3 is 0 Å². The Bertz CT molecular complexity index is 398. The van der Waals surface area contributed by atoms with Crippen LogP contribution in [0.4, 0.5) is 0 Å². The Morgan fingerprint density at radius 1 is 1.21 bits per heavy atom. The number of benzene rings is 1. The standard InChI is InChI=1S/C15H22N2O2/c1-17(9-3-2-4-10-18)12-15(19)14-7-5-13(11-16)6-8-14/h5-8,15,18-19H,2-4,9-10,12H2,1H3. The highest BCUT2D eigenvalue weighted by molar-refractivity contribution is 5.32. The van der Waals surface area contributed by atoms with Crippen LogP contribution >= 0.6 is 0 Å². The van der Waals surface area contributed by atoms with Gasteiger partial charge in [-0.15, -0.1) is 0 Å². The van der Waals surface area contributed by atoms with E-state index in [9.17, 15) is 5.11 Å². The Hall–Kier alpha value is -1.41. The van der Waals surface area contributed by atoms with Crippen molar-refractivity contribution in [1.82, 2.24) is 4.90 Å². The molecule has 0 saturated carbocycles. The summed E-state index contributed by atoms with van der Waals surface area (Å²) >= 11 is 0. The first-order valence-corrected chi connectivity index (χ1v) is 6.65. The average molecular weight is 262 g/mol. The molecular weight excluding hydrogens is 240 g/mol. The zero-order valence-corrected chi connectivity index (χ0v) is 11.4. The molecule has 1 unspecified atom stereocenters. The van der Waals surface area contributed by atoms with Gasteiger partial charge in [-0.1, -0.05) is 12.1 Å². The van der Waals surface area contributed by atoms with Crippen molar-refractivity contribution in [2.45, 2.75) is 25.4 Å². The molecule has 0 fully saturated rings. The lowest BCUT2D eigenvalue weighted by atomic mass is 10.1. The Morgan fingerprint density at radius 3 is 2.47 bits per heavy atom. The third-order valence-electron chi connectivity index (χ3n) is 3.11. The lowest BCUT2D eigenvalue weighted by Gasteiger charge is -2.20. The minimum Gasteiger partial charge on any atom is -0.396 e. The maximum atomic E-state index is 10.1. The molecule has 104 valence electrons. The van der Waals surface area contributed by atoms with Gasteiger partial charge in [0.05, 0.1) is 17.7 Å². The number of likely N-dealkylation sites (N-methyl/N-ethyl adjacent to an activating group) is 1. The van der Waals surface area contributed by atoms with Crippen molar-refractivity contribution in [3.05, 3.63) is 35.4 Å². The molecular formula is C15H22N2O2. The largest absolute Gasteiger partial charge is 0.396 e. The second-order valence-electron chi connectivity index (χ2n) is 4.80. The lowest BCUT2D eigenvalue weighted by molar-refractivity contribution is 0.125. The molecule has 19 heavy (non-hydrogen) atoms. The van der Waals surface area contributed by atoms with Crippen molar-refractivity contribution < 1.29 is 10.2 Å². The van der Waals surface area contributed by atoms with Crippen LogP contribution in [0, 0.1) is 11.3 Å². The van der Waals surface area contributed by atoms with E-state index >= 15 is 0 Å². The van der Waals surface area contributed by atoms with Gasteiger partial charge < -0.3 is 15.1 Å². The average Bonchev–Trinajstić information content (AvgIpc) is 2.43. The fourth-order valence-corrected chi connectivity index (χ4v) is 1.94. The van der Waals surface area contributed by atoms with Crippen molar-refractivity contribution >= 4 is 0 Å². The molecule has 1 aromatic carbocycles. The molecule has 1 atom stereocenters. The fourth-order valence-electron chi connectivity index (χ4n) is 1.94. The molecule has 1 rings (SSSR count). The summed E-state index contributed by atoms with van der Waals surface area (Å²) in [5.41, 5.74) is 1.44. The summed E-state index contributed by atoms with van der Waals surface area (Å²) in [4.78, 5) is 2.08. The van der Waals surface area contributed by atoms with Gasteiger partial charge in [0.1, 0.15) is 0 Å². The number of rotatable bonds is 8. The van der Waals surface area contributed by atoms with Crippen LogP contribution in [0.3, 0.4) is 0 Å². The van der Waals surface area contributed by atoms with Gasteiger partial charge in [0.2, 0.25) is 0 Å². The lowest BCUT2D eigenvalue weighted by Crippen LogP contribution is -2.25. The van der Waals surface area contributed by atoms with Crippen LogP contribution in [0.15, 0.2) is 24.3 Å². The highest BCUT2D eigenvalue weighted by Crippen LogP contribution is 2.14. The zero-order valence-electron chi connectivity index (χ0n) is 11.4. The summed E-state index contributed by atoms with van der Waals surface area (Å²) in [6, 6.07) is 9.09. The molecule has 0 heterocycles. The Kier molecular flexibility index (Phi) is 7.12. The topological polar surface area (TPSA) is 67.5 Å². The molecule has 0 spiro atoms. The minimum absolute atomic E-state index is 0.248. The molecule has 0 radical (unpaired) electrons. The molecule has 1 aromatic rings. The first-order valence-electron chi connectivity index (χ1n) is 6.65. The third-order valence-corrected chi connectivity index (χ3v) is 3.11. The normalized spacial score (nSPS) is 12.4. The van der Waals surface area contributed by atoms with Crippen molar-refractivity contribution in [3.63, 3.8) is 0 Å². The Morgan fingerprint density at radius 2 is 1.89 bits per heavy atom. The second-order valence-corrected chi connectivity index (χ2v) is 4.80. The number of hydrogen-bond acceptors (Lipinski definition) is 4. The maximum Gasteiger partial charge on any atom is 0.0991 e. The molecule has 4 heteroatoms. The monoisotopic (exact) mass is 262 g/mol. The van der Waals surface area contributed by atoms with Crippen LogP contribution in [-0.4, -0.2) is 41.9 Å². The molecule has 2 N–H and O–H groups in total. The SMILES string of the molecule is CN(CCCCCO)CC(O)c1ccc(C#N)cc1. The Labute approximate surface area is 114 Å². The molecule has 0 saturated heterocycles. The second kappa shape index (κ2) is 8.65. The van der Waals surface area contributed by atoms with Crippen LogP contribution in [0.1, 0.15) is 36.5 Å². The number of nitrogens with zero attached hydrogens (tertiary/aromatic N) is 2. The first kappa shape index (κ1) is 15.6. The van der Waals surface area contributed by atoms with Crippen molar-refractivity contribution in [3.8, 4) is 6.07 Å². The van der Waals surface area contributed by atoms with Crippen LogP contribution in [0.25, 0.3) is 0 Å². The number of aliphatic hydroxyl groups is 2. The van der Waals surface area contributed by atoms with Gasteiger partial charge in [0.15, 0.2) is 0 Å². The maximum absolute atomic E-state index is 10.1. The molecule has 0 aliphatic heterocycles. The van der Waals surface area contributed by atoms with Crippen LogP contribution in [0.5, 0.6) is 0 Å². The van der Waals surface area contributed by atoms with Crippen LogP contribution < -0.4 is 0 Å². The van der Waals surface area contributed by atoms with Gasteiger partial charge in [0.25, 0.3) is 0 Å². The number of unbranched alkanes of at least 4 members (excludes halogenated alkanes) is 2. The van der Waals surface area contributed by atoms with Gasteiger partial charge in [0, 0.05) is 13.2 Å². The minimum atomic E-state index is -0.532. The van der Waals surface area contributed by atoms with Gasteiger partial charge in [-0.2, -0.15) is 5.26 Å². The highest BCUT2D eigenvalue weighted by Gasteiger charge is 2.10. The number of nitriles is 1. The molecule has 0 aliphatic rings. The van der Waals surface area contributed by atoms with E-state index < -0.39 is 6.10 Å². The van der Waals surface area contributed by atoms with Crippen molar-refractivity contribution in [2.75, 3.05) is 26.7 Å². The van der Waals surface area contributed by atoms with Crippen LogP contribution in [-0.2, 0) is 0 Å². The van der Waals surface area contributed by atoms with Gasteiger partial charge in [-0.25, -0.2) is 0 Å². The smallest absolute Gasteiger partial charge is 0.0991 e. The fraction of sp³-hybridized carbons (Fsp3) is 0.533. The van der Waals surface area contributed by atoms with Crippen molar-refractivity contribution in [2.24, 2.45) is 0 Å². The highest BCUT2D eigenvalue weighted by atomic mass is 16.3. The van der Waals surface area contributed by atoms with E-state index in [-0.39, 0.29) is 6.61 Å². The van der Waals surface area contributed by atoms with E-state index in [2.05, 4.69) is 11.0 Å². The summed E-state index contributed by atoms with van der Waals surface area (Å²) < 4.78 is 0. The van der Waals surface area contributed by atoms with E-state index in [4.69, 9.17) is 10.4 Å². The van der Waals surface area contributed by atoms with E-state index in [0.717, 1.165) is 31.4 Å². The third kappa shape index (κ3) is 5.84. The van der Waals surface area contributed by atoms with E-state index in [1.165, 1.54) is 0 Å². The predicted molar refractivity (Wildman–Crippen MR) is 74.6 cm³/mol. The van der Waals surface area contributed by atoms with Gasteiger partial charge in [-0.3, -0.25) is 0 Å². The van der Waals surface area contributed by atoms with E-state index in [1.54, 1.807) is 24.3 Å². The molecule has 0 aliphatic carbocycles. The molecule has 0 bridgehead atoms. The summed E-state index contributed by atoms with van der Waals surface area (Å²) in [7, 11) is 1.98. The van der Waals surface area contributed by atoms with E-state index in [1.807, 2.05) is 7.05 Å². The number of aliphatic hydroxyl groups excluding tert-OH is 2. The molecule has 4 nitrogen and oxygen atoms in total. The quantitative estimate of drug-likeness (QED) is 0.700. The summed E-state index contributed by atoms with van der Waals surface area (Å²) in [6.07, 6.45) is 2.34. The van der Waals surface area contributed by atoms with Gasteiger partial charge in [-0.05, 0) is 50.6 Å². The summed E-state index contributed by atoms with van der Waals surface area (Å²) in [6.45, 7) is 1.73. The van der Waals surface area contributed by atoms with Crippen molar-refractivity contribution in [1.29, 1.82) is 5.26 Å².